The molecule has 0 aliphatic rings. The van der Waals surface area contributed by atoms with Gasteiger partial charge in [0.2, 0.25) is 0 Å². The largest absolute Gasteiger partial charge is 0.466 e. The number of rotatable bonds is 5. The molecule has 19 heavy (non-hydrogen) atoms. The zero-order valence-corrected chi connectivity index (χ0v) is 10.4. The van der Waals surface area contributed by atoms with Gasteiger partial charge in [-0.05, 0) is 13.0 Å². The fourth-order valence-corrected chi connectivity index (χ4v) is 1.70. The zero-order chi connectivity index (χ0) is 13.8. The molecule has 0 amide bonds. The summed E-state index contributed by atoms with van der Waals surface area (Å²) in [5.41, 5.74) is 0.0589. The number of ether oxygens (including phenoxy) is 1. The summed E-state index contributed by atoms with van der Waals surface area (Å²) in [5, 5.41) is 3.92. The third-order valence-electron chi connectivity index (χ3n) is 2.53. The Morgan fingerprint density at radius 1 is 1.37 bits per heavy atom. The van der Waals surface area contributed by atoms with Crippen LogP contribution in [0, 0.1) is 0 Å². The maximum Gasteiger partial charge on any atom is 0.313 e. The van der Waals surface area contributed by atoms with Gasteiger partial charge in [-0.3, -0.25) is 14.4 Å². The molecular formula is C12H13N3O4. The maximum absolute atomic E-state index is 12.0. The Balaban J connectivity index is 2.13. The highest BCUT2D eigenvalue weighted by Gasteiger charge is 2.12. The zero-order valence-electron chi connectivity index (χ0n) is 10.4. The molecule has 0 atom stereocenters. The van der Waals surface area contributed by atoms with E-state index in [1.807, 2.05) is 0 Å². The van der Waals surface area contributed by atoms with Gasteiger partial charge in [0.05, 0.1) is 19.3 Å². The molecule has 7 nitrogen and oxygen atoms in total. The summed E-state index contributed by atoms with van der Waals surface area (Å²) in [4.78, 5) is 34.8. The fourth-order valence-electron chi connectivity index (χ4n) is 1.70. The van der Waals surface area contributed by atoms with Crippen molar-refractivity contribution < 1.29 is 14.3 Å². The van der Waals surface area contributed by atoms with E-state index in [4.69, 9.17) is 0 Å². The molecule has 100 valence electrons. The number of nitrogens with zero attached hydrogens (tertiary/aromatic N) is 3. The molecule has 0 aromatic carbocycles. The van der Waals surface area contributed by atoms with Gasteiger partial charge in [-0.1, -0.05) is 0 Å². The minimum atomic E-state index is -0.578. The summed E-state index contributed by atoms with van der Waals surface area (Å²) >= 11 is 0. The highest BCUT2D eigenvalue weighted by atomic mass is 16.5. The average Bonchev–Trinajstić information content (AvgIpc) is 2.82. The van der Waals surface area contributed by atoms with Gasteiger partial charge < -0.3 is 9.30 Å². The lowest BCUT2D eigenvalue weighted by Gasteiger charge is -2.05. The van der Waals surface area contributed by atoms with Crippen molar-refractivity contribution in [3.8, 4) is 0 Å². The standard InChI is InChI=1S/C12H13N3O4/c1-2-19-11(17)7-9(16)8-14-5-6-15-10(12(14)18)3-4-13-15/h3-6H,2,7-8H2,1H3. The second-order valence-electron chi connectivity index (χ2n) is 3.91. The van der Waals surface area contributed by atoms with Gasteiger partial charge in [0.1, 0.15) is 11.9 Å². The van der Waals surface area contributed by atoms with E-state index in [0.717, 1.165) is 0 Å². The summed E-state index contributed by atoms with van der Waals surface area (Å²) in [5.74, 6) is -0.949. The van der Waals surface area contributed by atoms with Gasteiger partial charge in [0.15, 0.2) is 5.78 Å². The molecule has 0 unspecified atom stereocenters. The fraction of sp³-hybridized carbons (Fsp3) is 0.333. The van der Waals surface area contributed by atoms with Gasteiger partial charge in [-0.2, -0.15) is 5.10 Å². The van der Waals surface area contributed by atoms with Gasteiger partial charge in [0, 0.05) is 12.4 Å². The smallest absolute Gasteiger partial charge is 0.313 e. The van der Waals surface area contributed by atoms with Gasteiger partial charge in [-0.15, -0.1) is 0 Å². The number of hydrogen-bond acceptors (Lipinski definition) is 5. The van der Waals surface area contributed by atoms with Gasteiger partial charge >= 0.3 is 5.97 Å². The Hall–Kier alpha value is -2.44. The molecule has 0 radical (unpaired) electrons. The number of aromatic nitrogens is 3. The number of hydrogen-bond donors (Lipinski definition) is 0. The number of ketones is 1. The summed E-state index contributed by atoms with van der Waals surface area (Å²) < 4.78 is 7.35. The van der Waals surface area contributed by atoms with Crippen LogP contribution in [-0.4, -0.2) is 32.5 Å². The van der Waals surface area contributed by atoms with Crippen molar-refractivity contribution in [1.29, 1.82) is 0 Å². The predicted octanol–water partition coefficient (Wildman–Crippen LogP) is 0.0183. The highest BCUT2D eigenvalue weighted by molar-refractivity contribution is 5.95. The van der Waals surface area contributed by atoms with Crippen molar-refractivity contribution in [1.82, 2.24) is 14.2 Å². The Morgan fingerprint density at radius 2 is 2.16 bits per heavy atom. The molecule has 0 aliphatic heterocycles. The third-order valence-corrected chi connectivity index (χ3v) is 2.53. The number of esters is 1. The highest BCUT2D eigenvalue weighted by Crippen LogP contribution is 1.96. The number of carbonyl (C=O) groups is 2. The molecule has 2 heterocycles. The predicted molar refractivity (Wildman–Crippen MR) is 65.7 cm³/mol. The van der Waals surface area contributed by atoms with Crippen LogP contribution in [0.25, 0.3) is 5.52 Å². The first-order chi connectivity index (χ1) is 9.11. The second-order valence-corrected chi connectivity index (χ2v) is 3.91. The average molecular weight is 263 g/mol. The topological polar surface area (TPSA) is 82.7 Å². The summed E-state index contributed by atoms with van der Waals surface area (Å²) in [6.45, 7) is 1.74. The number of fused-ring (bicyclic) bond motifs is 1. The van der Waals surface area contributed by atoms with E-state index in [1.54, 1.807) is 19.2 Å². The lowest BCUT2D eigenvalue weighted by molar-refractivity contribution is -0.145. The van der Waals surface area contributed by atoms with Crippen LogP contribution >= 0.6 is 0 Å². The molecule has 0 fully saturated rings. The van der Waals surface area contributed by atoms with Crippen LogP contribution in [0.3, 0.4) is 0 Å². The first-order valence-corrected chi connectivity index (χ1v) is 5.82. The van der Waals surface area contributed by atoms with Gasteiger partial charge in [-0.25, -0.2) is 4.52 Å². The Morgan fingerprint density at radius 3 is 2.89 bits per heavy atom. The molecule has 2 aromatic rings. The van der Waals surface area contributed by atoms with E-state index < -0.39 is 5.97 Å². The van der Waals surface area contributed by atoms with Crippen LogP contribution in [-0.2, 0) is 20.9 Å². The Bertz CT molecular complexity index is 671. The molecule has 2 aromatic heterocycles. The first kappa shape index (κ1) is 13.0. The summed E-state index contributed by atoms with van der Waals surface area (Å²) in [7, 11) is 0. The molecule has 0 saturated heterocycles. The Kier molecular flexibility index (Phi) is 3.74. The lowest BCUT2D eigenvalue weighted by atomic mass is 10.3. The second kappa shape index (κ2) is 5.47. The molecule has 7 heteroatoms. The SMILES string of the molecule is CCOC(=O)CC(=O)Cn1ccn2nccc2c1=O. The van der Waals surface area contributed by atoms with Crippen molar-refractivity contribution in [2.24, 2.45) is 0 Å². The minimum Gasteiger partial charge on any atom is -0.466 e. The molecule has 0 saturated carbocycles. The maximum atomic E-state index is 12.0. The van der Waals surface area contributed by atoms with Crippen LogP contribution in [0.2, 0.25) is 0 Å². The van der Waals surface area contributed by atoms with E-state index in [9.17, 15) is 14.4 Å². The quantitative estimate of drug-likeness (QED) is 0.561. The molecule has 0 N–H and O–H groups in total. The van der Waals surface area contributed by atoms with Crippen molar-refractivity contribution in [3.05, 3.63) is 35.0 Å². The van der Waals surface area contributed by atoms with E-state index in [0.29, 0.717) is 5.52 Å². The van der Waals surface area contributed by atoms with Crippen LogP contribution < -0.4 is 5.56 Å². The van der Waals surface area contributed by atoms with E-state index >= 15 is 0 Å². The molecule has 0 aliphatic carbocycles. The van der Waals surface area contributed by atoms with E-state index in [-0.39, 0.29) is 30.9 Å². The monoisotopic (exact) mass is 263 g/mol. The van der Waals surface area contributed by atoms with Crippen LogP contribution in [0.1, 0.15) is 13.3 Å². The first-order valence-electron chi connectivity index (χ1n) is 5.82. The van der Waals surface area contributed by atoms with Crippen molar-refractivity contribution in [2.45, 2.75) is 19.9 Å². The molecule has 0 bridgehead atoms. The summed E-state index contributed by atoms with van der Waals surface area (Å²) in [6.07, 6.45) is 4.21. The van der Waals surface area contributed by atoms with Crippen LogP contribution in [0.4, 0.5) is 0 Å². The van der Waals surface area contributed by atoms with Crippen molar-refractivity contribution >= 4 is 17.3 Å². The van der Waals surface area contributed by atoms with Crippen LogP contribution in [0.15, 0.2) is 29.5 Å². The van der Waals surface area contributed by atoms with Crippen molar-refractivity contribution in [2.75, 3.05) is 6.61 Å². The molecule has 0 spiro atoms. The van der Waals surface area contributed by atoms with E-state index in [1.165, 1.54) is 21.5 Å². The number of Topliss-reactive ketones (excluding diaryl/α,β-unsaturated/α-hetero) is 1. The minimum absolute atomic E-state index is 0.153. The Labute approximate surface area is 108 Å². The normalized spacial score (nSPS) is 10.6. The van der Waals surface area contributed by atoms with Gasteiger partial charge in [0.25, 0.3) is 5.56 Å². The lowest BCUT2D eigenvalue weighted by Crippen LogP contribution is -2.26. The van der Waals surface area contributed by atoms with Crippen molar-refractivity contribution in [3.63, 3.8) is 0 Å². The summed E-state index contributed by atoms with van der Waals surface area (Å²) in [6, 6.07) is 1.56. The number of carbonyl (C=O) groups excluding carboxylic acids is 2. The molecule has 2 rings (SSSR count). The van der Waals surface area contributed by atoms with E-state index in [2.05, 4.69) is 9.84 Å². The third kappa shape index (κ3) is 2.87. The molecular weight excluding hydrogens is 250 g/mol. The van der Waals surface area contributed by atoms with Crippen LogP contribution in [0.5, 0.6) is 0 Å².